The van der Waals surface area contributed by atoms with Gasteiger partial charge < -0.3 is 10.1 Å². The van der Waals surface area contributed by atoms with Gasteiger partial charge in [0.1, 0.15) is 0 Å². The Labute approximate surface area is 125 Å². The number of carbonyl (C=O) groups is 1. The molecule has 0 amide bonds. The SMILES string of the molecule is CCCCCCCCNc1nc(CCC(=O)OC)cs1. The van der Waals surface area contributed by atoms with Crippen LogP contribution in [0.2, 0.25) is 0 Å². The van der Waals surface area contributed by atoms with Gasteiger partial charge in [-0.2, -0.15) is 0 Å². The van der Waals surface area contributed by atoms with Gasteiger partial charge in [-0.25, -0.2) is 4.98 Å². The van der Waals surface area contributed by atoms with Crippen LogP contribution in [-0.2, 0) is 16.0 Å². The minimum atomic E-state index is -0.181. The lowest BCUT2D eigenvalue weighted by Gasteiger charge is -2.02. The molecule has 0 aliphatic carbocycles. The molecular formula is C15H26N2O2S. The number of carbonyl (C=O) groups excluding carboxylic acids is 1. The zero-order valence-corrected chi connectivity index (χ0v) is 13.4. The predicted molar refractivity (Wildman–Crippen MR) is 84.3 cm³/mol. The van der Waals surface area contributed by atoms with E-state index in [1.165, 1.54) is 45.6 Å². The lowest BCUT2D eigenvalue weighted by atomic mass is 10.1. The maximum Gasteiger partial charge on any atom is 0.305 e. The molecule has 0 fully saturated rings. The average molecular weight is 298 g/mol. The van der Waals surface area contributed by atoms with E-state index in [2.05, 4.69) is 22.0 Å². The highest BCUT2D eigenvalue weighted by atomic mass is 32.1. The van der Waals surface area contributed by atoms with Crippen LogP contribution in [0, 0.1) is 0 Å². The molecule has 0 radical (unpaired) electrons. The Morgan fingerprint density at radius 3 is 2.80 bits per heavy atom. The van der Waals surface area contributed by atoms with Gasteiger partial charge in [0.05, 0.1) is 19.2 Å². The number of thiazole rings is 1. The van der Waals surface area contributed by atoms with Crippen LogP contribution in [0.3, 0.4) is 0 Å². The maximum atomic E-state index is 11.0. The van der Waals surface area contributed by atoms with Gasteiger partial charge in [0.15, 0.2) is 5.13 Å². The third-order valence-electron chi connectivity index (χ3n) is 3.17. The van der Waals surface area contributed by atoms with Gasteiger partial charge in [-0.3, -0.25) is 4.79 Å². The van der Waals surface area contributed by atoms with Crippen LogP contribution >= 0.6 is 11.3 Å². The number of unbranched alkanes of at least 4 members (excludes halogenated alkanes) is 5. The molecule has 0 saturated carbocycles. The van der Waals surface area contributed by atoms with Crippen molar-refractivity contribution in [3.8, 4) is 0 Å². The predicted octanol–water partition coefficient (Wildman–Crippen LogP) is 4.02. The Morgan fingerprint density at radius 2 is 2.05 bits per heavy atom. The van der Waals surface area contributed by atoms with E-state index in [9.17, 15) is 4.79 Å². The van der Waals surface area contributed by atoms with Gasteiger partial charge in [-0.15, -0.1) is 11.3 Å². The third-order valence-corrected chi connectivity index (χ3v) is 4.02. The molecule has 4 nitrogen and oxygen atoms in total. The highest BCUT2D eigenvalue weighted by Gasteiger charge is 2.05. The summed E-state index contributed by atoms with van der Waals surface area (Å²) in [6, 6.07) is 0. The van der Waals surface area contributed by atoms with Crippen LogP contribution in [0.5, 0.6) is 0 Å². The minimum Gasteiger partial charge on any atom is -0.469 e. The van der Waals surface area contributed by atoms with Crippen molar-refractivity contribution in [2.75, 3.05) is 19.0 Å². The molecule has 0 bridgehead atoms. The van der Waals surface area contributed by atoms with Gasteiger partial charge in [-0.1, -0.05) is 39.0 Å². The second-order valence-corrected chi connectivity index (χ2v) is 5.77. The Morgan fingerprint density at radius 1 is 1.30 bits per heavy atom. The number of esters is 1. The summed E-state index contributed by atoms with van der Waals surface area (Å²) in [4.78, 5) is 15.5. The molecule has 1 N–H and O–H groups in total. The monoisotopic (exact) mass is 298 g/mol. The van der Waals surface area contributed by atoms with Crippen molar-refractivity contribution in [3.05, 3.63) is 11.1 Å². The number of anilines is 1. The quantitative estimate of drug-likeness (QED) is 0.495. The van der Waals surface area contributed by atoms with E-state index in [0.29, 0.717) is 12.8 Å². The molecule has 1 aromatic heterocycles. The van der Waals surface area contributed by atoms with Crippen molar-refractivity contribution >= 4 is 22.4 Å². The molecule has 1 heterocycles. The summed E-state index contributed by atoms with van der Waals surface area (Å²) in [7, 11) is 1.41. The van der Waals surface area contributed by atoms with Crippen molar-refractivity contribution in [1.82, 2.24) is 4.98 Å². The fourth-order valence-corrected chi connectivity index (χ4v) is 2.71. The van der Waals surface area contributed by atoms with Gasteiger partial charge >= 0.3 is 5.97 Å². The van der Waals surface area contributed by atoms with Crippen LogP contribution < -0.4 is 5.32 Å². The fraction of sp³-hybridized carbons (Fsp3) is 0.733. The molecule has 1 aromatic rings. The van der Waals surface area contributed by atoms with Gasteiger partial charge in [0.2, 0.25) is 0 Å². The molecule has 0 aliphatic heterocycles. The first-order chi connectivity index (χ1) is 9.76. The third kappa shape index (κ3) is 7.48. The number of methoxy groups -OCH3 is 1. The van der Waals surface area contributed by atoms with Gasteiger partial charge in [0.25, 0.3) is 0 Å². The number of hydrogen-bond acceptors (Lipinski definition) is 5. The van der Waals surface area contributed by atoms with E-state index in [-0.39, 0.29) is 5.97 Å². The average Bonchev–Trinajstić information content (AvgIpc) is 2.91. The Balaban J connectivity index is 2.09. The van der Waals surface area contributed by atoms with E-state index < -0.39 is 0 Å². The number of hydrogen-bond donors (Lipinski definition) is 1. The van der Waals surface area contributed by atoms with E-state index in [4.69, 9.17) is 0 Å². The van der Waals surface area contributed by atoms with Gasteiger partial charge in [-0.05, 0) is 6.42 Å². The molecule has 0 aromatic carbocycles. The number of nitrogens with zero attached hydrogens (tertiary/aromatic N) is 1. The summed E-state index contributed by atoms with van der Waals surface area (Å²) in [6.45, 7) is 3.22. The summed E-state index contributed by atoms with van der Waals surface area (Å²) in [6.07, 6.45) is 8.87. The Hall–Kier alpha value is -1.10. The molecule has 20 heavy (non-hydrogen) atoms. The van der Waals surface area contributed by atoms with Crippen molar-refractivity contribution in [2.24, 2.45) is 0 Å². The highest BCUT2D eigenvalue weighted by Crippen LogP contribution is 2.17. The first-order valence-corrected chi connectivity index (χ1v) is 8.39. The molecule has 0 saturated heterocycles. The number of aryl methyl sites for hydroxylation is 1. The lowest BCUT2D eigenvalue weighted by molar-refractivity contribution is -0.140. The molecular weight excluding hydrogens is 272 g/mol. The largest absolute Gasteiger partial charge is 0.469 e. The zero-order chi connectivity index (χ0) is 14.6. The molecule has 114 valence electrons. The first kappa shape index (κ1) is 17.0. The highest BCUT2D eigenvalue weighted by molar-refractivity contribution is 7.13. The van der Waals surface area contributed by atoms with E-state index in [1.54, 1.807) is 11.3 Å². The molecule has 0 unspecified atom stereocenters. The topological polar surface area (TPSA) is 51.2 Å². The van der Waals surface area contributed by atoms with E-state index >= 15 is 0 Å². The normalized spacial score (nSPS) is 10.5. The van der Waals surface area contributed by atoms with Crippen LogP contribution in [0.4, 0.5) is 5.13 Å². The number of rotatable bonds is 11. The summed E-state index contributed by atoms with van der Waals surface area (Å²) >= 11 is 1.61. The molecule has 0 atom stereocenters. The zero-order valence-electron chi connectivity index (χ0n) is 12.6. The number of nitrogens with one attached hydrogen (secondary N) is 1. The maximum absolute atomic E-state index is 11.0. The first-order valence-electron chi connectivity index (χ1n) is 7.51. The van der Waals surface area contributed by atoms with Crippen molar-refractivity contribution in [1.29, 1.82) is 0 Å². The molecule has 5 heteroatoms. The summed E-state index contributed by atoms with van der Waals surface area (Å²) in [5, 5.41) is 6.31. The smallest absolute Gasteiger partial charge is 0.305 e. The molecule has 0 aliphatic rings. The molecule has 0 spiro atoms. The van der Waals surface area contributed by atoms with Crippen LogP contribution in [0.25, 0.3) is 0 Å². The van der Waals surface area contributed by atoms with Crippen molar-refractivity contribution in [2.45, 2.75) is 58.3 Å². The minimum absolute atomic E-state index is 0.181. The summed E-state index contributed by atoms with van der Waals surface area (Å²) < 4.78 is 4.62. The fourth-order valence-electron chi connectivity index (χ4n) is 1.94. The second kappa shape index (κ2) is 10.7. The second-order valence-electron chi connectivity index (χ2n) is 4.91. The van der Waals surface area contributed by atoms with Crippen LogP contribution in [0.1, 0.15) is 57.6 Å². The number of aromatic nitrogens is 1. The lowest BCUT2D eigenvalue weighted by Crippen LogP contribution is -2.03. The van der Waals surface area contributed by atoms with Crippen LogP contribution in [-0.4, -0.2) is 24.6 Å². The van der Waals surface area contributed by atoms with Crippen molar-refractivity contribution in [3.63, 3.8) is 0 Å². The summed E-state index contributed by atoms with van der Waals surface area (Å²) in [5.74, 6) is -0.181. The van der Waals surface area contributed by atoms with Gasteiger partial charge in [0, 0.05) is 18.3 Å². The number of ether oxygens (including phenoxy) is 1. The Bertz CT molecular complexity index is 380. The van der Waals surface area contributed by atoms with E-state index in [0.717, 1.165) is 17.4 Å². The standard InChI is InChI=1S/C15H26N2O2S/c1-3-4-5-6-7-8-11-16-15-17-13(12-20-15)9-10-14(18)19-2/h12H,3-11H2,1-2H3,(H,16,17). The van der Waals surface area contributed by atoms with E-state index in [1.807, 2.05) is 5.38 Å². The molecule has 1 rings (SSSR count). The van der Waals surface area contributed by atoms with Crippen molar-refractivity contribution < 1.29 is 9.53 Å². The summed E-state index contributed by atoms with van der Waals surface area (Å²) in [5.41, 5.74) is 0.964. The van der Waals surface area contributed by atoms with Crippen LogP contribution in [0.15, 0.2) is 5.38 Å². The Kier molecular flexibility index (Phi) is 9.04.